The Morgan fingerprint density at radius 3 is 2.60 bits per heavy atom. The SMILES string of the molecule is O=C(CCCOc1cccc(I)c1)c1ccc(F)cc1. The van der Waals surface area contributed by atoms with E-state index in [2.05, 4.69) is 22.6 Å². The normalized spacial score (nSPS) is 10.3. The molecule has 0 aromatic heterocycles. The molecule has 2 aromatic rings. The first kappa shape index (κ1) is 15.0. The van der Waals surface area contributed by atoms with Gasteiger partial charge in [0.05, 0.1) is 6.61 Å². The van der Waals surface area contributed by atoms with Crippen LogP contribution in [0.3, 0.4) is 0 Å². The van der Waals surface area contributed by atoms with Crippen LogP contribution in [0.1, 0.15) is 23.2 Å². The molecule has 0 aliphatic rings. The molecule has 0 saturated heterocycles. The van der Waals surface area contributed by atoms with Gasteiger partial charge in [0.15, 0.2) is 5.78 Å². The number of rotatable bonds is 6. The van der Waals surface area contributed by atoms with Crippen LogP contribution in [-0.2, 0) is 0 Å². The number of carbonyl (C=O) groups is 1. The second-order valence-corrected chi connectivity index (χ2v) is 5.59. The summed E-state index contributed by atoms with van der Waals surface area (Å²) in [7, 11) is 0. The molecule has 0 unspecified atom stereocenters. The zero-order valence-corrected chi connectivity index (χ0v) is 13.0. The minimum absolute atomic E-state index is 0.0104. The van der Waals surface area contributed by atoms with Crippen molar-refractivity contribution in [2.24, 2.45) is 0 Å². The number of hydrogen-bond acceptors (Lipinski definition) is 2. The largest absolute Gasteiger partial charge is 0.494 e. The van der Waals surface area contributed by atoms with E-state index >= 15 is 0 Å². The van der Waals surface area contributed by atoms with Gasteiger partial charge in [-0.25, -0.2) is 4.39 Å². The van der Waals surface area contributed by atoms with Gasteiger partial charge in [0, 0.05) is 15.6 Å². The number of Topliss-reactive ketones (excluding diaryl/α,β-unsaturated/α-hetero) is 1. The summed E-state index contributed by atoms with van der Waals surface area (Å²) in [5.74, 6) is 0.492. The van der Waals surface area contributed by atoms with E-state index in [0.717, 1.165) is 9.32 Å². The number of ether oxygens (including phenoxy) is 1. The average Bonchev–Trinajstić information content (AvgIpc) is 2.44. The molecule has 0 bridgehead atoms. The third-order valence-electron chi connectivity index (χ3n) is 2.78. The Bertz CT molecular complexity index is 581. The van der Waals surface area contributed by atoms with E-state index in [4.69, 9.17) is 4.74 Å². The minimum atomic E-state index is -0.330. The highest BCUT2D eigenvalue weighted by Crippen LogP contribution is 2.15. The van der Waals surface area contributed by atoms with Crippen LogP contribution >= 0.6 is 22.6 Å². The van der Waals surface area contributed by atoms with Crippen LogP contribution < -0.4 is 4.74 Å². The van der Waals surface area contributed by atoms with Gasteiger partial charge < -0.3 is 4.74 Å². The van der Waals surface area contributed by atoms with E-state index in [0.29, 0.717) is 25.0 Å². The van der Waals surface area contributed by atoms with Gasteiger partial charge in [-0.1, -0.05) is 6.07 Å². The molecular formula is C16H14FIO2. The summed E-state index contributed by atoms with van der Waals surface area (Å²) in [5, 5.41) is 0. The van der Waals surface area contributed by atoms with Crippen LogP contribution in [0.2, 0.25) is 0 Å². The lowest BCUT2D eigenvalue weighted by Crippen LogP contribution is -2.04. The van der Waals surface area contributed by atoms with Crippen molar-refractivity contribution in [3.8, 4) is 5.75 Å². The van der Waals surface area contributed by atoms with Crippen LogP contribution in [0.15, 0.2) is 48.5 Å². The molecule has 0 aliphatic heterocycles. The van der Waals surface area contributed by atoms with Gasteiger partial charge >= 0.3 is 0 Å². The smallest absolute Gasteiger partial charge is 0.163 e. The van der Waals surface area contributed by atoms with Gasteiger partial charge in [0.1, 0.15) is 11.6 Å². The molecule has 0 fully saturated rings. The Kier molecular flexibility index (Phi) is 5.52. The van der Waals surface area contributed by atoms with Gasteiger partial charge in [-0.3, -0.25) is 4.79 Å². The molecule has 0 radical (unpaired) electrons. The predicted octanol–water partition coefficient (Wildman–Crippen LogP) is 4.47. The van der Waals surface area contributed by atoms with Crippen molar-refractivity contribution in [1.82, 2.24) is 0 Å². The summed E-state index contributed by atoms with van der Waals surface area (Å²) in [4.78, 5) is 11.8. The highest BCUT2D eigenvalue weighted by molar-refractivity contribution is 14.1. The Balaban J connectivity index is 1.76. The van der Waals surface area contributed by atoms with E-state index in [1.54, 1.807) is 0 Å². The molecule has 0 spiro atoms. The van der Waals surface area contributed by atoms with Gasteiger partial charge in [-0.2, -0.15) is 0 Å². The van der Waals surface area contributed by atoms with Gasteiger partial charge in [0.2, 0.25) is 0 Å². The van der Waals surface area contributed by atoms with Gasteiger partial charge in [-0.05, 0) is 71.5 Å². The third-order valence-corrected chi connectivity index (χ3v) is 3.45. The molecular weight excluding hydrogens is 370 g/mol. The maximum Gasteiger partial charge on any atom is 0.163 e. The van der Waals surface area contributed by atoms with Crippen molar-refractivity contribution >= 4 is 28.4 Å². The molecule has 2 rings (SSSR count). The van der Waals surface area contributed by atoms with E-state index in [-0.39, 0.29) is 11.6 Å². The minimum Gasteiger partial charge on any atom is -0.494 e. The summed E-state index contributed by atoms with van der Waals surface area (Å²) >= 11 is 2.22. The summed E-state index contributed by atoms with van der Waals surface area (Å²) < 4.78 is 19.4. The fraction of sp³-hybridized carbons (Fsp3) is 0.188. The van der Waals surface area contributed by atoms with E-state index in [9.17, 15) is 9.18 Å². The maximum atomic E-state index is 12.7. The molecule has 0 aliphatic carbocycles. The maximum absolute atomic E-state index is 12.7. The summed E-state index contributed by atoms with van der Waals surface area (Å²) in [5.41, 5.74) is 0.542. The first-order valence-electron chi connectivity index (χ1n) is 6.32. The lowest BCUT2D eigenvalue weighted by Gasteiger charge is -2.06. The summed E-state index contributed by atoms with van der Waals surface area (Å²) in [6, 6.07) is 13.4. The van der Waals surface area contributed by atoms with Crippen molar-refractivity contribution in [2.75, 3.05) is 6.61 Å². The fourth-order valence-electron chi connectivity index (χ4n) is 1.76. The van der Waals surface area contributed by atoms with E-state index in [1.807, 2.05) is 24.3 Å². The second kappa shape index (κ2) is 7.38. The monoisotopic (exact) mass is 384 g/mol. The van der Waals surface area contributed by atoms with Crippen LogP contribution in [0.25, 0.3) is 0 Å². The molecule has 0 N–H and O–H groups in total. The van der Waals surface area contributed by atoms with E-state index in [1.165, 1.54) is 24.3 Å². The van der Waals surface area contributed by atoms with Crippen molar-refractivity contribution in [1.29, 1.82) is 0 Å². The topological polar surface area (TPSA) is 26.3 Å². The fourth-order valence-corrected chi connectivity index (χ4v) is 2.27. The first-order chi connectivity index (χ1) is 9.65. The van der Waals surface area contributed by atoms with Crippen LogP contribution in [0, 0.1) is 9.39 Å². The van der Waals surface area contributed by atoms with Crippen LogP contribution in [-0.4, -0.2) is 12.4 Å². The first-order valence-corrected chi connectivity index (χ1v) is 7.40. The highest BCUT2D eigenvalue weighted by atomic mass is 127. The molecule has 0 heterocycles. The molecule has 2 nitrogen and oxygen atoms in total. The Morgan fingerprint density at radius 2 is 1.90 bits per heavy atom. The molecule has 104 valence electrons. The zero-order chi connectivity index (χ0) is 14.4. The molecule has 0 amide bonds. The van der Waals surface area contributed by atoms with Crippen LogP contribution in [0.5, 0.6) is 5.75 Å². The van der Waals surface area contributed by atoms with Crippen molar-refractivity contribution in [3.63, 3.8) is 0 Å². The molecule has 20 heavy (non-hydrogen) atoms. The second-order valence-electron chi connectivity index (χ2n) is 4.34. The van der Waals surface area contributed by atoms with E-state index < -0.39 is 0 Å². The van der Waals surface area contributed by atoms with Gasteiger partial charge in [0.25, 0.3) is 0 Å². The molecule has 0 saturated carbocycles. The number of benzene rings is 2. The Hall–Kier alpha value is -1.43. The lowest BCUT2D eigenvalue weighted by atomic mass is 10.1. The van der Waals surface area contributed by atoms with Gasteiger partial charge in [-0.15, -0.1) is 0 Å². The molecule has 4 heteroatoms. The number of hydrogen-bond donors (Lipinski definition) is 0. The quantitative estimate of drug-likeness (QED) is 0.417. The summed E-state index contributed by atoms with van der Waals surface area (Å²) in [6.07, 6.45) is 1.04. The van der Waals surface area contributed by atoms with Crippen molar-refractivity contribution < 1.29 is 13.9 Å². The Labute approximate surface area is 131 Å². The zero-order valence-electron chi connectivity index (χ0n) is 10.8. The highest BCUT2D eigenvalue weighted by Gasteiger charge is 2.05. The average molecular weight is 384 g/mol. The number of halogens is 2. The van der Waals surface area contributed by atoms with Crippen molar-refractivity contribution in [3.05, 3.63) is 63.5 Å². The van der Waals surface area contributed by atoms with Crippen LogP contribution in [0.4, 0.5) is 4.39 Å². The number of ketones is 1. The Morgan fingerprint density at radius 1 is 1.15 bits per heavy atom. The summed E-state index contributed by atoms with van der Waals surface area (Å²) in [6.45, 7) is 0.493. The predicted molar refractivity (Wildman–Crippen MR) is 84.6 cm³/mol. The van der Waals surface area contributed by atoms with Crippen molar-refractivity contribution in [2.45, 2.75) is 12.8 Å². The standard InChI is InChI=1S/C16H14FIO2/c17-13-8-6-12(7-9-13)16(19)5-2-10-20-15-4-1-3-14(18)11-15/h1,3-4,6-9,11H,2,5,10H2. The molecule has 0 atom stereocenters. The third kappa shape index (κ3) is 4.59. The lowest BCUT2D eigenvalue weighted by molar-refractivity contribution is 0.0973. The number of carbonyl (C=O) groups excluding carboxylic acids is 1. The molecule has 2 aromatic carbocycles.